The van der Waals surface area contributed by atoms with Gasteiger partial charge in [-0.15, -0.1) is 0 Å². The molecule has 1 heterocycles. The van der Waals surface area contributed by atoms with Crippen molar-refractivity contribution in [2.75, 3.05) is 36.8 Å². The molecule has 0 bridgehead atoms. The maximum absolute atomic E-state index is 12.5. The summed E-state index contributed by atoms with van der Waals surface area (Å²) >= 11 is 18.1. The molecule has 3 N–H and O–H groups in total. The van der Waals surface area contributed by atoms with Crippen LogP contribution in [-0.4, -0.2) is 43.0 Å². The van der Waals surface area contributed by atoms with Crippen LogP contribution in [0.1, 0.15) is 36.5 Å². The van der Waals surface area contributed by atoms with E-state index in [-0.39, 0.29) is 5.91 Å². The minimum absolute atomic E-state index is 0.207. The van der Waals surface area contributed by atoms with E-state index in [0.717, 1.165) is 32.0 Å². The average molecular weight is 498 g/mol. The van der Waals surface area contributed by atoms with Gasteiger partial charge in [-0.1, -0.05) is 41.7 Å². The van der Waals surface area contributed by atoms with Crippen molar-refractivity contribution in [3.63, 3.8) is 0 Å². The molecule has 32 heavy (non-hydrogen) atoms. The molecule has 1 aliphatic heterocycles. The Balaban J connectivity index is 1.49. The standard InChI is InChI=1S/C23H27Cl3N4O2/c1-15-7-11-30(12-8-15)10-2-9-27-22(31)16-3-5-19(25)21(13-16)29-23(32)28-17-4-6-18(24)20(26)14-17/h3-6,13-15H,2,7-12H2,1H3,(H,27,31)(H2,28,29,32). The molecule has 0 aliphatic carbocycles. The summed E-state index contributed by atoms with van der Waals surface area (Å²) in [5.74, 6) is 0.603. The minimum Gasteiger partial charge on any atom is -0.352 e. The van der Waals surface area contributed by atoms with E-state index >= 15 is 0 Å². The van der Waals surface area contributed by atoms with Crippen LogP contribution in [0.5, 0.6) is 0 Å². The Kier molecular flexibility index (Phi) is 9.05. The van der Waals surface area contributed by atoms with Gasteiger partial charge >= 0.3 is 6.03 Å². The lowest BCUT2D eigenvalue weighted by Crippen LogP contribution is -2.35. The third kappa shape index (κ3) is 7.27. The summed E-state index contributed by atoms with van der Waals surface area (Å²) in [6, 6.07) is 9.01. The van der Waals surface area contributed by atoms with Gasteiger partial charge in [-0.3, -0.25) is 4.79 Å². The number of rotatable bonds is 7. The normalized spacial score (nSPS) is 14.8. The lowest BCUT2D eigenvalue weighted by Gasteiger charge is -2.30. The fraction of sp³-hybridized carbons (Fsp3) is 0.391. The van der Waals surface area contributed by atoms with Gasteiger partial charge in [-0.25, -0.2) is 4.79 Å². The number of hydrogen-bond donors (Lipinski definition) is 3. The number of urea groups is 1. The summed E-state index contributed by atoms with van der Waals surface area (Å²) in [5, 5.41) is 9.29. The van der Waals surface area contributed by atoms with E-state index in [0.29, 0.717) is 38.6 Å². The Morgan fingerprint density at radius 3 is 2.41 bits per heavy atom. The van der Waals surface area contributed by atoms with Crippen molar-refractivity contribution in [3.05, 3.63) is 57.0 Å². The Bertz CT molecular complexity index is 962. The highest BCUT2D eigenvalue weighted by Gasteiger charge is 2.15. The largest absolute Gasteiger partial charge is 0.352 e. The van der Waals surface area contributed by atoms with E-state index in [4.69, 9.17) is 34.8 Å². The molecule has 2 aromatic rings. The first-order valence-electron chi connectivity index (χ1n) is 10.6. The van der Waals surface area contributed by atoms with Gasteiger partial charge in [-0.2, -0.15) is 0 Å². The first kappa shape index (κ1) is 24.6. The summed E-state index contributed by atoms with van der Waals surface area (Å²) in [5.41, 5.74) is 1.23. The predicted octanol–water partition coefficient (Wildman–Crippen LogP) is 6.14. The van der Waals surface area contributed by atoms with Crippen LogP contribution in [0.15, 0.2) is 36.4 Å². The third-order valence-corrected chi connectivity index (χ3v) is 6.54. The average Bonchev–Trinajstić information content (AvgIpc) is 2.76. The molecule has 0 unspecified atom stereocenters. The first-order valence-corrected chi connectivity index (χ1v) is 11.8. The zero-order valence-corrected chi connectivity index (χ0v) is 20.2. The highest BCUT2D eigenvalue weighted by Crippen LogP contribution is 2.26. The second kappa shape index (κ2) is 11.8. The lowest BCUT2D eigenvalue weighted by molar-refractivity contribution is 0.0950. The van der Waals surface area contributed by atoms with Crippen LogP contribution in [-0.2, 0) is 0 Å². The van der Waals surface area contributed by atoms with Gasteiger partial charge in [0.25, 0.3) is 5.91 Å². The number of piperidine rings is 1. The topological polar surface area (TPSA) is 73.5 Å². The number of carbonyl (C=O) groups excluding carboxylic acids is 2. The van der Waals surface area contributed by atoms with Gasteiger partial charge in [-0.05, 0) is 81.2 Å². The number of anilines is 2. The first-order chi connectivity index (χ1) is 15.3. The molecule has 9 heteroatoms. The molecule has 6 nitrogen and oxygen atoms in total. The zero-order chi connectivity index (χ0) is 23.1. The molecular weight excluding hydrogens is 471 g/mol. The third-order valence-electron chi connectivity index (χ3n) is 5.47. The van der Waals surface area contributed by atoms with Crippen molar-refractivity contribution in [2.24, 2.45) is 5.92 Å². The Labute approximate surface area is 203 Å². The quantitative estimate of drug-likeness (QED) is 0.402. The number of benzene rings is 2. The predicted molar refractivity (Wildman–Crippen MR) is 132 cm³/mol. The number of amides is 3. The summed E-state index contributed by atoms with van der Waals surface area (Å²) < 4.78 is 0. The van der Waals surface area contributed by atoms with Gasteiger partial charge in [0.1, 0.15) is 0 Å². The molecule has 0 spiro atoms. The smallest absolute Gasteiger partial charge is 0.323 e. The number of carbonyl (C=O) groups is 2. The second-order valence-electron chi connectivity index (χ2n) is 8.04. The molecule has 0 radical (unpaired) electrons. The molecule has 172 valence electrons. The van der Waals surface area contributed by atoms with Gasteiger partial charge in [0.05, 0.1) is 20.8 Å². The second-order valence-corrected chi connectivity index (χ2v) is 9.26. The summed E-state index contributed by atoms with van der Waals surface area (Å²) in [7, 11) is 0. The van der Waals surface area contributed by atoms with Gasteiger partial charge in [0.15, 0.2) is 0 Å². The molecule has 0 atom stereocenters. The highest BCUT2D eigenvalue weighted by molar-refractivity contribution is 6.42. The maximum atomic E-state index is 12.5. The number of halogens is 3. The van der Waals surface area contributed by atoms with E-state index in [2.05, 4.69) is 27.8 Å². The fourth-order valence-corrected chi connectivity index (χ4v) is 3.98. The van der Waals surface area contributed by atoms with Crippen LogP contribution in [0.25, 0.3) is 0 Å². The molecule has 2 aromatic carbocycles. The maximum Gasteiger partial charge on any atom is 0.323 e. The van der Waals surface area contributed by atoms with E-state index in [1.165, 1.54) is 12.8 Å². The van der Waals surface area contributed by atoms with Crippen molar-refractivity contribution in [2.45, 2.75) is 26.2 Å². The van der Waals surface area contributed by atoms with E-state index in [1.54, 1.807) is 36.4 Å². The van der Waals surface area contributed by atoms with Crippen molar-refractivity contribution >= 4 is 58.1 Å². The number of nitrogens with one attached hydrogen (secondary N) is 3. The van der Waals surface area contributed by atoms with Crippen LogP contribution >= 0.6 is 34.8 Å². The summed E-state index contributed by atoms with van der Waals surface area (Å²) in [6.07, 6.45) is 3.38. The molecule has 1 saturated heterocycles. The number of likely N-dealkylation sites (tertiary alicyclic amines) is 1. The molecular formula is C23H27Cl3N4O2. The lowest BCUT2D eigenvalue weighted by atomic mass is 9.99. The van der Waals surface area contributed by atoms with Crippen LogP contribution in [0, 0.1) is 5.92 Å². The van der Waals surface area contributed by atoms with Crippen molar-refractivity contribution in [3.8, 4) is 0 Å². The minimum atomic E-state index is -0.515. The number of hydrogen-bond acceptors (Lipinski definition) is 3. The highest BCUT2D eigenvalue weighted by atomic mass is 35.5. The van der Waals surface area contributed by atoms with E-state index in [1.807, 2.05) is 0 Å². The van der Waals surface area contributed by atoms with Crippen molar-refractivity contribution in [1.29, 1.82) is 0 Å². The van der Waals surface area contributed by atoms with Crippen LogP contribution in [0.4, 0.5) is 16.2 Å². The summed E-state index contributed by atoms with van der Waals surface area (Å²) in [6.45, 7) is 6.13. The molecule has 0 aromatic heterocycles. The Morgan fingerprint density at radius 2 is 1.69 bits per heavy atom. The van der Waals surface area contributed by atoms with Gasteiger partial charge < -0.3 is 20.9 Å². The monoisotopic (exact) mass is 496 g/mol. The van der Waals surface area contributed by atoms with Crippen LogP contribution in [0.2, 0.25) is 15.1 Å². The van der Waals surface area contributed by atoms with Gasteiger partial charge in [0.2, 0.25) is 0 Å². The Hall–Kier alpha value is -1.99. The van der Waals surface area contributed by atoms with Crippen molar-refractivity contribution in [1.82, 2.24) is 10.2 Å². The molecule has 1 fully saturated rings. The molecule has 0 saturated carbocycles. The van der Waals surface area contributed by atoms with E-state index in [9.17, 15) is 9.59 Å². The zero-order valence-electron chi connectivity index (χ0n) is 17.9. The Morgan fingerprint density at radius 1 is 0.969 bits per heavy atom. The van der Waals surface area contributed by atoms with Crippen LogP contribution < -0.4 is 16.0 Å². The summed E-state index contributed by atoms with van der Waals surface area (Å²) in [4.78, 5) is 27.3. The molecule has 1 aliphatic rings. The fourth-order valence-electron chi connectivity index (χ4n) is 3.51. The van der Waals surface area contributed by atoms with Crippen LogP contribution in [0.3, 0.4) is 0 Å². The molecule has 3 amide bonds. The van der Waals surface area contributed by atoms with Crippen molar-refractivity contribution < 1.29 is 9.59 Å². The van der Waals surface area contributed by atoms with E-state index < -0.39 is 6.03 Å². The SMILES string of the molecule is CC1CCN(CCCNC(=O)c2ccc(Cl)c(NC(=O)Nc3ccc(Cl)c(Cl)c3)c2)CC1. The van der Waals surface area contributed by atoms with Gasteiger partial charge in [0, 0.05) is 17.8 Å². The molecule has 3 rings (SSSR count). The number of nitrogens with zero attached hydrogens (tertiary/aromatic N) is 1.